The molecule has 3 aromatic heterocycles. The average Bonchev–Trinajstić information content (AvgIpc) is 3.62. The summed E-state index contributed by atoms with van der Waals surface area (Å²) in [4.78, 5) is 57.0. The minimum absolute atomic E-state index is 0.00827. The minimum atomic E-state index is -0.989. The van der Waals surface area contributed by atoms with Crippen LogP contribution in [-0.2, 0) is 33.9 Å². The van der Waals surface area contributed by atoms with Crippen molar-refractivity contribution in [3.8, 4) is 11.1 Å². The van der Waals surface area contributed by atoms with Crippen molar-refractivity contribution in [2.75, 3.05) is 20.1 Å². The van der Waals surface area contributed by atoms with Gasteiger partial charge in [-0.15, -0.1) is 0 Å². The summed E-state index contributed by atoms with van der Waals surface area (Å²) >= 11 is 8.27. The summed E-state index contributed by atoms with van der Waals surface area (Å²) in [6.45, 7) is 1.08. The first-order valence-electron chi connectivity index (χ1n) is 18.8. The lowest BCUT2D eigenvalue weighted by Crippen LogP contribution is -2.57. The van der Waals surface area contributed by atoms with Crippen LogP contribution in [0.4, 0.5) is 4.39 Å². The van der Waals surface area contributed by atoms with E-state index in [1.54, 1.807) is 31.4 Å². The van der Waals surface area contributed by atoms with Gasteiger partial charge in [0.15, 0.2) is 0 Å². The van der Waals surface area contributed by atoms with Crippen molar-refractivity contribution < 1.29 is 18.8 Å². The molecular formula is C41H47ClFN9O3S. The molecule has 8 N–H and O–H groups in total. The number of H-pyrrole nitrogens is 1. The molecule has 12 nitrogen and oxygen atoms in total. The topological polar surface area (TPSA) is 184 Å². The van der Waals surface area contributed by atoms with Gasteiger partial charge < -0.3 is 37.3 Å². The van der Waals surface area contributed by atoms with E-state index in [0.717, 1.165) is 22.0 Å². The number of likely N-dealkylation sites (N-methyl/N-ethyl adjacent to an activating group) is 1. The Balaban J connectivity index is 1.47. The van der Waals surface area contributed by atoms with Crippen LogP contribution in [0.3, 0.4) is 0 Å². The number of aromatic amines is 1. The summed E-state index contributed by atoms with van der Waals surface area (Å²) in [5, 5.41) is 11.5. The van der Waals surface area contributed by atoms with E-state index in [0.29, 0.717) is 76.8 Å². The van der Waals surface area contributed by atoms with E-state index < -0.39 is 35.9 Å². The number of rotatable bonds is 10. The van der Waals surface area contributed by atoms with E-state index >= 15 is 0 Å². The number of carbonyl (C=O) groups is 3. The fourth-order valence-corrected chi connectivity index (χ4v) is 8.33. The van der Waals surface area contributed by atoms with Crippen molar-refractivity contribution in [2.45, 2.75) is 79.7 Å². The van der Waals surface area contributed by atoms with Crippen LogP contribution in [0.15, 0.2) is 89.2 Å². The molecule has 0 unspecified atom stereocenters. The highest BCUT2D eigenvalue weighted by Crippen LogP contribution is 2.41. The van der Waals surface area contributed by atoms with Gasteiger partial charge in [0.05, 0.1) is 11.1 Å². The first-order valence-corrected chi connectivity index (χ1v) is 20.0. The second-order valence-corrected chi connectivity index (χ2v) is 15.2. The number of pyridine rings is 2. The van der Waals surface area contributed by atoms with Gasteiger partial charge in [-0.25, -0.2) is 9.97 Å². The van der Waals surface area contributed by atoms with E-state index in [1.807, 2.05) is 42.6 Å². The second kappa shape index (κ2) is 19.3. The van der Waals surface area contributed by atoms with Crippen molar-refractivity contribution in [1.82, 2.24) is 35.8 Å². The third-order valence-corrected chi connectivity index (χ3v) is 11.7. The van der Waals surface area contributed by atoms with Crippen molar-refractivity contribution in [2.24, 2.45) is 11.5 Å². The minimum Gasteiger partial charge on any atom is -0.361 e. The van der Waals surface area contributed by atoms with Gasteiger partial charge in [-0.05, 0) is 97.3 Å². The van der Waals surface area contributed by atoms with Gasteiger partial charge in [0.25, 0.3) is 0 Å². The van der Waals surface area contributed by atoms with E-state index in [2.05, 4.69) is 30.9 Å². The van der Waals surface area contributed by atoms with Crippen LogP contribution < -0.4 is 27.4 Å². The van der Waals surface area contributed by atoms with Gasteiger partial charge in [-0.3, -0.25) is 14.4 Å². The Morgan fingerprint density at radius 2 is 1.71 bits per heavy atom. The van der Waals surface area contributed by atoms with Gasteiger partial charge in [-0.2, -0.15) is 4.39 Å². The predicted octanol–water partition coefficient (Wildman–Crippen LogP) is 5.08. The molecule has 0 spiro atoms. The van der Waals surface area contributed by atoms with Gasteiger partial charge in [0.1, 0.15) is 17.1 Å². The van der Waals surface area contributed by atoms with Crippen LogP contribution in [0.1, 0.15) is 48.8 Å². The number of amides is 3. The highest BCUT2D eigenvalue weighted by molar-refractivity contribution is 7.99. The molecule has 5 aromatic rings. The zero-order chi connectivity index (χ0) is 39.6. The zero-order valence-electron chi connectivity index (χ0n) is 31.2. The Morgan fingerprint density at radius 1 is 0.911 bits per heavy atom. The van der Waals surface area contributed by atoms with E-state index in [-0.39, 0.29) is 25.4 Å². The van der Waals surface area contributed by atoms with Gasteiger partial charge >= 0.3 is 0 Å². The normalized spacial score (nSPS) is 18.6. The number of para-hydroxylation sites is 1. The number of hydrogen-bond donors (Lipinski definition) is 6. The molecule has 3 atom stereocenters. The van der Waals surface area contributed by atoms with Crippen LogP contribution in [0.25, 0.3) is 22.0 Å². The summed E-state index contributed by atoms with van der Waals surface area (Å²) in [7, 11) is 1.59. The lowest BCUT2D eigenvalue weighted by Gasteiger charge is -2.32. The Morgan fingerprint density at radius 3 is 2.52 bits per heavy atom. The number of benzene rings is 2. The number of nitrogens with two attached hydrogens (primary N) is 2. The van der Waals surface area contributed by atoms with Crippen LogP contribution in [0, 0.1) is 5.95 Å². The number of nitrogens with zero attached hydrogens (tertiary/aromatic N) is 3. The maximum atomic E-state index is 14.6. The second-order valence-electron chi connectivity index (χ2n) is 13.8. The van der Waals surface area contributed by atoms with Gasteiger partial charge in [-0.1, -0.05) is 53.7 Å². The highest BCUT2D eigenvalue weighted by Gasteiger charge is 2.34. The van der Waals surface area contributed by atoms with Gasteiger partial charge in [0, 0.05) is 67.0 Å². The number of nitrogens with one attached hydrogen (secondary N) is 4. The molecule has 1 aliphatic rings. The molecule has 0 radical (unpaired) electrons. The van der Waals surface area contributed by atoms with Crippen LogP contribution in [0.5, 0.6) is 0 Å². The summed E-state index contributed by atoms with van der Waals surface area (Å²) in [6.07, 6.45) is 7.66. The van der Waals surface area contributed by atoms with Crippen LogP contribution in [-0.4, -0.2) is 75.8 Å². The lowest BCUT2D eigenvalue weighted by molar-refractivity contribution is -0.142. The number of unbranched alkanes of at least 4 members (excludes halogenated alkanes) is 1. The molecule has 0 fully saturated rings. The van der Waals surface area contributed by atoms with Crippen molar-refractivity contribution in [3.63, 3.8) is 0 Å². The molecule has 15 heteroatoms. The summed E-state index contributed by atoms with van der Waals surface area (Å²) < 4.78 is 14.6. The Bertz CT molecular complexity index is 2170. The molecule has 3 amide bonds. The summed E-state index contributed by atoms with van der Waals surface area (Å²) in [5.74, 6) is -1.83. The molecule has 0 saturated carbocycles. The van der Waals surface area contributed by atoms with Crippen LogP contribution >= 0.6 is 23.4 Å². The molecule has 2 aromatic carbocycles. The quantitative estimate of drug-likeness (QED) is 0.0829. The van der Waals surface area contributed by atoms with Crippen LogP contribution in [0.2, 0.25) is 5.02 Å². The largest absolute Gasteiger partial charge is 0.361 e. The molecule has 6 rings (SSSR count). The SMILES string of the molecule is CN1C(=O)[C@H](CCCCN)NC(=O)[C@H](CCCN)NCc2cccnc2Sc2c(Cl)ccc(-c3ccnc(F)c3)c2CNC(=O)[C@@H]1Cc1c[nH]c2ccccc12. The Labute approximate surface area is 334 Å². The fourth-order valence-electron chi connectivity index (χ4n) is 6.98. The molecule has 294 valence electrons. The van der Waals surface area contributed by atoms with E-state index in [9.17, 15) is 18.8 Å². The summed E-state index contributed by atoms with van der Waals surface area (Å²) in [6, 6.07) is 15.4. The molecule has 1 aliphatic heterocycles. The predicted molar refractivity (Wildman–Crippen MR) is 217 cm³/mol. The molecular weight excluding hydrogens is 753 g/mol. The third kappa shape index (κ3) is 9.74. The first kappa shape index (κ1) is 40.8. The zero-order valence-corrected chi connectivity index (χ0v) is 32.8. The average molecular weight is 800 g/mol. The lowest BCUT2D eigenvalue weighted by atomic mass is 9.99. The molecule has 56 heavy (non-hydrogen) atoms. The smallest absolute Gasteiger partial charge is 0.245 e. The highest BCUT2D eigenvalue weighted by atomic mass is 35.5. The monoisotopic (exact) mass is 799 g/mol. The Hall–Kier alpha value is -4.86. The maximum absolute atomic E-state index is 14.6. The molecule has 0 saturated heterocycles. The van der Waals surface area contributed by atoms with Crippen molar-refractivity contribution in [3.05, 3.63) is 107 Å². The number of carbonyl (C=O) groups excluding carboxylic acids is 3. The van der Waals surface area contributed by atoms with E-state index in [4.69, 9.17) is 23.1 Å². The number of hydrogen-bond acceptors (Lipinski definition) is 9. The Kier molecular flexibility index (Phi) is 14.1. The third-order valence-electron chi connectivity index (χ3n) is 10.1. The molecule has 0 bridgehead atoms. The van der Waals surface area contributed by atoms with Gasteiger partial charge in [0.2, 0.25) is 23.7 Å². The summed E-state index contributed by atoms with van der Waals surface area (Å²) in [5.41, 5.74) is 16.1. The maximum Gasteiger partial charge on any atom is 0.245 e. The van der Waals surface area contributed by atoms with Crippen molar-refractivity contribution >= 4 is 52.0 Å². The fraction of sp³-hybridized carbons (Fsp3) is 0.341. The number of halogens is 2. The standard InChI is InChI=1S/C41H47ClFN9O3S/c1-52-35(20-27-23-48-32-10-3-2-9-29(27)32)39(54)50-24-30-28(25-15-19-46-36(43)21-25)13-14-31(42)37(30)56-40-26(8-7-18-47-40)22-49-33(12-6-17-45)38(53)51-34(41(52)55)11-4-5-16-44/h2-3,7-10,13-15,18-19,21,23,33-35,48-49H,4-6,11-12,16-17,20,22,24,44-45H2,1H3,(H,50,54)(H,51,53)/t33-,34-,35-/m0/s1. The number of aromatic nitrogens is 3. The molecule has 4 heterocycles. The molecule has 0 aliphatic carbocycles. The number of fused-ring (bicyclic) bond motifs is 3. The first-order chi connectivity index (χ1) is 27.2. The van der Waals surface area contributed by atoms with Crippen molar-refractivity contribution in [1.29, 1.82) is 0 Å². The van der Waals surface area contributed by atoms with E-state index in [1.165, 1.54) is 28.9 Å².